The van der Waals surface area contributed by atoms with Gasteiger partial charge in [0.05, 0.1) is 16.7 Å². The van der Waals surface area contributed by atoms with Crippen LogP contribution in [0.4, 0.5) is 0 Å². The average molecular weight is 292 g/mol. The van der Waals surface area contributed by atoms with Gasteiger partial charge in [-0.05, 0) is 41.4 Å². The standard InChI is InChI=1S/C17H22ClNO/c1-11-5-4-8-17(2,3)15(11)16(20)12-6-7-13(10-19)14(18)9-12/h6-7,9,11,15-16,20H,4-5,8H2,1-3H3/t11-,15-,16+/m0/s1. The molecule has 0 aliphatic heterocycles. The van der Waals surface area contributed by atoms with E-state index >= 15 is 0 Å². The molecule has 0 spiro atoms. The Kier molecular flexibility index (Phi) is 4.42. The van der Waals surface area contributed by atoms with Crippen molar-refractivity contribution in [1.29, 1.82) is 5.26 Å². The monoisotopic (exact) mass is 291 g/mol. The van der Waals surface area contributed by atoms with Crippen LogP contribution in [-0.4, -0.2) is 5.11 Å². The SMILES string of the molecule is C[C@H]1CCCC(C)(C)[C@@H]1[C@H](O)c1ccc(C#N)c(Cl)c1. The van der Waals surface area contributed by atoms with E-state index in [-0.39, 0.29) is 11.3 Å². The van der Waals surface area contributed by atoms with Crippen molar-refractivity contribution in [3.63, 3.8) is 0 Å². The third-order valence-corrected chi connectivity index (χ3v) is 5.10. The molecule has 1 N–H and O–H groups in total. The van der Waals surface area contributed by atoms with Crippen molar-refractivity contribution in [3.05, 3.63) is 34.3 Å². The molecule has 3 atom stereocenters. The van der Waals surface area contributed by atoms with Crippen LogP contribution in [0.5, 0.6) is 0 Å². The fourth-order valence-corrected chi connectivity index (χ4v) is 3.98. The maximum Gasteiger partial charge on any atom is 0.101 e. The highest BCUT2D eigenvalue weighted by Gasteiger charge is 2.41. The van der Waals surface area contributed by atoms with E-state index in [0.29, 0.717) is 16.5 Å². The van der Waals surface area contributed by atoms with Gasteiger partial charge in [-0.3, -0.25) is 0 Å². The van der Waals surface area contributed by atoms with Crippen molar-refractivity contribution in [2.24, 2.45) is 17.3 Å². The van der Waals surface area contributed by atoms with Gasteiger partial charge >= 0.3 is 0 Å². The zero-order valence-corrected chi connectivity index (χ0v) is 13.1. The first-order valence-corrected chi connectivity index (χ1v) is 7.62. The van der Waals surface area contributed by atoms with Crippen LogP contribution in [0.2, 0.25) is 5.02 Å². The molecule has 1 aliphatic carbocycles. The van der Waals surface area contributed by atoms with E-state index in [4.69, 9.17) is 16.9 Å². The first kappa shape index (κ1) is 15.4. The molecule has 1 fully saturated rings. The number of rotatable bonds is 2. The maximum absolute atomic E-state index is 10.8. The summed E-state index contributed by atoms with van der Waals surface area (Å²) >= 11 is 6.09. The summed E-state index contributed by atoms with van der Waals surface area (Å²) in [5, 5.41) is 20.1. The van der Waals surface area contributed by atoms with Crippen LogP contribution < -0.4 is 0 Å². The number of hydrogen-bond donors (Lipinski definition) is 1. The molecule has 108 valence electrons. The van der Waals surface area contributed by atoms with Crippen molar-refractivity contribution in [2.45, 2.75) is 46.1 Å². The number of halogens is 1. The molecule has 0 radical (unpaired) electrons. The van der Waals surface area contributed by atoms with Gasteiger partial charge < -0.3 is 5.11 Å². The Morgan fingerprint density at radius 3 is 2.70 bits per heavy atom. The van der Waals surface area contributed by atoms with Crippen LogP contribution in [0.15, 0.2) is 18.2 Å². The van der Waals surface area contributed by atoms with Crippen LogP contribution in [0.1, 0.15) is 57.3 Å². The molecule has 1 saturated carbocycles. The first-order chi connectivity index (χ1) is 9.36. The molecular formula is C17H22ClNO. The fraction of sp³-hybridized carbons (Fsp3) is 0.588. The van der Waals surface area contributed by atoms with Gasteiger partial charge in [-0.2, -0.15) is 5.26 Å². The molecule has 2 rings (SSSR count). The Morgan fingerprint density at radius 2 is 2.15 bits per heavy atom. The number of aliphatic hydroxyl groups is 1. The fourth-order valence-electron chi connectivity index (χ4n) is 3.75. The molecule has 0 amide bonds. The molecule has 0 heterocycles. The van der Waals surface area contributed by atoms with Crippen molar-refractivity contribution in [1.82, 2.24) is 0 Å². The largest absolute Gasteiger partial charge is 0.388 e. The number of nitrogens with zero attached hydrogens (tertiary/aromatic N) is 1. The summed E-state index contributed by atoms with van der Waals surface area (Å²) < 4.78 is 0. The molecular weight excluding hydrogens is 270 g/mol. The van der Waals surface area contributed by atoms with Crippen molar-refractivity contribution in [2.75, 3.05) is 0 Å². The summed E-state index contributed by atoms with van der Waals surface area (Å²) in [6.45, 7) is 6.70. The lowest BCUT2D eigenvalue weighted by atomic mass is 9.61. The lowest BCUT2D eigenvalue weighted by Gasteiger charge is -2.45. The maximum atomic E-state index is 10.8. The van der Waals surface area contributed by atoms with E-state index < -0.39 is 6.10 Å². The Labute approximate surface area is 126 Å². The molecule has 20 heavy (non-hydrogen) atoms. The summed E-state index contributed by atoms with van der Waals surface area (Å²) in [5.41, 5.74) is 1.40. The van der Waals surface area contributed by atoms with Gasteiger partial charge in [0, 0.05) is 0 Å². The Bertz CT molecular complexity index is 532. The van der Waals surface area contributed by atoms with Crippen LogP contribution in [0.25, 0.3) is 0 Å². The molecule has 3 heteroatoms. The molecule has 0 bridgehead atoms. The summed E-state index contributed by atoms with van der Waals surface area (Å²) in [6, 6.07) is 7.31. The van der Waals surface area contributed by atoms with Crippen molar-refractivity contribution < 1.29 is 5.11 Å². The summed E-state index contributed by atoms with van der Waals surface area (Å²) in [7, 11) is 0. The molecule has 0 saturated heterocycles. The van der Waals surface area contributed by atoms with E-state index in [9.17, 15) is 5.11 Å². The van der Waals surface area contributed by atoms with Crippen molar-refractivity contribution >= 4 is 11.6 Å². The zero-order valence-electron chi connectivity index (χ0n) is 12.4. The second kappa shape index (κ2) is 5.76. The van der Waals surface area contributed by atoms with E-state index in [1.807, 2.05) is 6.07 Å². The van der Waals surface area contributed by atoms with E-state index in [0.717, 1.165) is 18.4 Å². The van der Waals surface area contributed by atoms with Crippen LogP contribution in [0.3, 0.4) is 0 Å². The predicted octanol–water partition coefficient (Wildman–Crippen LogP) is 4.71. The molecule has 0 aromatic heterocycles. The van der Waals surface area contributed by atoms with Crippen LogP contribution in [-0.2, 0) is 0 Å². The number of hydrogen-bond acceptors (Lipinski definition) is 2. The highest BCUT2D eigenvalue weighted by Crippen LogP contribution is 2.49. The third kappa shape index (κ3) is 2.85. The summed E-state index contributed by atoms with van der Waals surface area (Å²) in [5.74, 6) is 0.712. The Hall–Kier alpha value is -1.04. The van der Waals surface area contributed by atoms with Gasteiger partial charge in [0.25, 0.3) is 0 Å². The van der Waals surface area contributed by atoms with Gasteiger partial charge in [0.15, 0.2) is 0 Å². The molecule has 1 aliphatic rings. The van der Waals surface area contributed by atoms with Gasteiger partial charge in [-0.1, -0.05) is 51.3 Å². The van der Waals surface area contributed by atoms with Gasteiger partial charge in [0.2, 0.25) is 0 Å². The van der Waals surface area contributed by atoms with Crippen LogP contribution in [0, 0.1) is 28.6 Å². The Balaban J connectivity index is 2.32. The highest BCUT2D eigenvalue weighted by molar-refractivity contribution is 6.31. The zero-order chi connectivity index (χ0) is 14.9. The smallest absolute Gasteiger partial charge is 0.101 e. The van der Waals surface area contributed by atoms with Gasteiger partial charge in [0.1, 0.15) is 6.07 Å². The topological polar surface area (TPSA) is 44.0 Å². The van der Waals surface area contributed by atoms with E-state index in [1.54, 1.807) is 12.1 Å². The van der Waals surface area contributed by atoms with Crippen molar-refractivity contribution in [3.8, 4) is 6.07 Å². The van der Waals surface area contributed by atoms with Gasteiger partial charge in [-0.25, -0.2) is 0 Å². The minimum absolute atomic E-state index is 0.122. The normalized spacial score (nSPS) is 26.8. The number of aliphatic hydroxyl groups excluding tert-OH is 1. The lowest BCUT2D eigenvalue weighted by Crippen LogP contribution is -2.37. The molecule has 0 unspecified atom stereocenters. The minimum Gasteiger partial charge on any atom is -0.388 e. The number of benzene rings is 1. The lowest BCUT2D eigenvalue weighted by molar-refractivity contribution is -0.0292. The predicted molar refractivity (Wildman–Crippen MR) is 81.4 cm³/mol. The van der Waals surface area contributed by atoms with E-state index in [1.165, 1.54) is 6.42 Å². The third-order valence-electron chi connectivity index (χ3n) is 4.79. The number of nitriles is 1. The highest BCUT2D eigenvalue weighted by atomic mass is 35.5. The summed E-state index contributed by atoms with van der Waals surface area (Å²) in [4.78, 5) is 0. The summed E-state index contributed by atoms with van der Waals surface area (Å²) in [6.07, 6.45) is 3.01. The second-order valence-electron chi connectivity index (χ2n) is 6.68. The van der Waals surface area contributed by atoms with E-state index in [2.05, 4.69) is 26.8 Å². The molecule has 1 aromatic carbocycles. The molecule has 1 aromatic rings. The second-order valence-corrected chi connectivity index (χ2v) is 7.09. The molecule has 2 nitrogen and oxygen atoms in total. The van der Waals surface area contributed by atoms with Gasteiger partial charge in [-0.15, -0.1) is 0 Å². The quantitative estimate of drug-likeness (QED) is 0.858. The van der Waals surface area contributed by atoms with Crippen LogP contribution >= 0.6 is 11.6 Å². The Morgan fingerprint density at radius 1 is 1.45 bits per heavy atom. The first-order valence-electron chi connectivity index (χ1n) is 7.24. The average Bonchev–Trinajstić information content (AvgIpc) is 2.37. The minimum atomic E-state index is -0.523.